The third-order valence-electron chi connectivity index (χ3n) is 4.79. The van der Waals surface area contributed by atoms with Crippen molar-refractivity contribution >= 4 is 27.8 Å². The van der Waals surface area contributed by atoms with E-state index in [1.165, 1.54) is 11.2 Å². The van der Waals surface area contributed by atoms with Crippen molar-refractivity contribution in [2.24, 2.45) is 7.05 Å². The number of hydrogen-bond donors (Lipinski definition) is 0. The van der Waals surface area contributed by atoms with Crippen molar-refractivity contribution in [3.63, 3.8) is 0 Å². The maximum Gasteiger partial charge on any atom is 0.312 e. The number of pyridine rings is 1. The first-order valence-electron chi connectivity index (χ1n) is 8.08. The Morgan fingerprint density at radius 1 is 0.792 bits per heavy atom. The predicted molar refractivity (Wildman–Crippen MR) is 95.4 cm³/mol. The van der Waals surface area contributed by atoms with Gasteiger partial charge in [0.1, 0.15) is 5.69 Å². The Morgan fingerprint density at radius 2 is 1.50 bits per heavy atom. The monoisotopic (exact) mass is 313 g/mol. The summed E-state index contributed by atoms with van der Waals surface area (Å²) in [5, 5.41) is 0. The summed E-state index contributed by atoms with van der Waals surface area (Å²) in [5.41, 5.74) is 5.69. The zero-order valence-corrected chi connectivity index (χ0v) is 13.6. The zero-order chi connectivity index (χ0) is 16.3. The van der Waals surface area contributed by atoms with Gasteiger partial charge in [-0.25, -0.2) is 4.57 Å². The van der Waals surface area contributed by atoms with Gasteiger partial charge in [0.15, 0.2) is 5.52 Å². The normalized spacial score (nSPS) is 11.8. The van der Waals surface area contributed by atoms with Crippen LogP contribution in [0.3, 0.4) is 0 Å². The van der Waals surface area contributed by atoms with Gasteiger partial charge in [-0.2, -0.15) is 9.55 Å². The molecule has 0 aliphatic carbocycles. The van der Waals surface area contributed by atoms with Crippen molar-refractivity contribution in [3.8, 4) is 5.82 Å². The highest BCUT2D eigenvalue weighted by Crippen LogP contribution is 2.27. The van der Waals surface area contributed by atoms with E-state index in [-0.39, 0.29) is 0 Å². The summed E-state index contributed by atoms with van der Waals surface area (Å²) in [6.45, 7) is 2.12. The van der Waals surface area contributed by atoms with Crippen LogP contribution in [0.4, 0.5) is 0 Å². The van der Waals surface area contributed by atoms with Crippen molar-refractivity contribution < 1.29 is 4.57 Å². The summed E-state index contributed by atoms with van der Waals surface area (Å²) in [7, 11) is 2.10. The Bertz CT molecular complexity index is 1230. The van der Waals surface area contributed by atoms with Crippen LogP contribution in [0.25, 0.3) is 33.7 Å². The SMILES string of the molecule is Cc1cccc(-n2c3ccccc3n3c4ccccc4nc23)[n+]1C. The van der Waals surface area contributed by atoms with Crippen LogP contribution in [0, 0.1) is 6.92 Å². The fourth-order valence-corrected chi connectivity index (χ4v) is 3.48. The lowest BCUT2D eigenvalue weighted by Gasteiger charge is -2.04. The second-order valence-corrected chi connectivity index (χ2v) is 6.14. The Balaban J connectivity index is 2.05. The van der Waals surface area contributed by atoms with Gasteiger partial charge in [-0.15, -0.1) is 0 Å². The van der Waals surface area contributed by atoms with E-state index in [1.54, 1.807) is 0 Å². The van der Waals surface area contributed by atoms with Gasteiger partial charge >= 0.3 is 5.78 Å². The molecule has 0 aliphatic rings. The number of fused-ring (bicyclic) bond motifs is 5. The molecule has 2 aromatic carbocycles. The molecular weight excluding hydrogens is 296 g/mol. The van der Waals surface area contributed by atoms with Crippen LogP contribution >= 0.6 is 0 Å². The molecule has 0 radical (unpaired) electrons. The molecule has 0 spiro atoms. The number of para-hydroxylation sites is 4. The molecule has 0 saturated heterocycles. The second kappa shape index (κ2) is 4.68. The van der Waals surface area contributed by atoms with Crippen LogP contribution in [-0.2, 0) is 7.05 Å². The van der Waals surface area contributed by atoms with E-state index in [1.807, 2.05) is 6.07 Å². The van der Waals surface area contributed by atoms with Crippen LogP contribution in [0.1, 0.15) is 5.69 Å². The molecule has 116 valence electrons. The van der Waals surface area contributed by atoms with Gasteiger partial charge in [-0.1, -0.05) is 30.3 Å². The second-order valence-electron chi connectivity index (χ2n) is 6.14. The first-order valence-corrected chi connectivity index (χ1v) is 8.08. The number of aryl methyl sites for hydroxylation is 1. The Morgan fingerprint density at radius 3 is 2.33 bits per heavy atom. The largest absolute Gasteiger partial charge is 0.312 e. The van der Waals surface area contributed by atoms with Gasteiger partial charge in [-0.05, 0) is 37.3 Å². The molecule has 0 saturated carbocycles. The fraction of sp³-hybridized carbons (Fsp3) is 0.100. The van der Waals surface area contributed by atoms with Crippen LogP contribution in [0.15, 0.2) is 66.7 Å². The predicted octanol–water partition coefficient (Wildman–Crippen LogP) is 3.56. The van der Waals surface area contributed by atoms with E-state index >= 15 is 0 Å². The third-order valence-corrected chi connectivity index (χ3v) is 4.79. The highest BCUT2D eigenvalue weighted by molar-refractivity contribution is 5.91. The summed E-state index contributed by atoms with van der Waals surface area (Å²) in [4.78, 5) is 4.91. The summed E-state index contributed by atoms with van der Waals surface area (Å²) >= 11 is 0. The summed E-state index contributed by atoms with van der Waals surface area (Å²) in [6, 6.07) is 23.1. The van der Waals surface area contributed by atoms with E-state index in [0.29, 0.717) is 0 Å². The Hall–Kier alpha value is -3.14. The topological polar surface area (TPSA) is 26.1 Å². The molecule has 0 unspecified atom stereocenters. The lowest BCUT2D eigenvalue weighted by atomic mass is 10.3. The molecule has 4 nitrogen and oxygen atoms in total. The molecule has 3 aromatic heterocycles. The minimum atomic E-state index is 0.943. The van der Waals surface area contributed by atoms with E-state index in [2.05, 4.69) is 88.2 Å². The average Bonchev–Trinajstić information content (AvgIpc) is 3.12. The minimum Gasteiger partial charge on any atom is -0.254 e. The molecule has 24 heavy (non-hydrogen) atoms. The number of nitrogens with zero attached hydrogens (tertiary/aromatic N) is 4. The van der Waals surface area contributed by atoms with Crippen LogP contribution in [0.2, 0.25) is 0 Å². The van der Waals surface area contributed by atoms with Crippen molar-refractivity contribution in [3.05, 3.63) is 72.4 Å². The van der Waals surface area contributed by atoms with Gasteiger partial charge in [0.2, 0.25) is 0 Å². The van der Waals surface area contributed by atoms with Crippen LogP contribution < -0.4 is 4.57 Å². The lowest BCUT2D eigenvalue weighted by molar-refractivity contribution is -0.671. The van der Waals surface area contributed by atoms with Gasteiger partial charge < -0.3 is 0 Å². The maximum absolute atomic E-state index is 4.91. The van der Waals surface area contributed by atoms with Crippen LogP contribution in [-0.4, -0.2) is 14.0 Å². The molecule has 5 aromatic rings. The fourth-order valence-electron chi connectivity index (χ4n) is 3.48. The molecule has 5 rings (SSSR count). The van der Waals surface area contributed by atoms with Crippen molar-refractivity contribution in [1.82, 2.24) is 14.0 Å². The summed E-state index contributed by atoms with van der Waals surface area (Å²) in [6.07, 6.45) is 0. The molecule has 0 N–H and O–H groups in total. The van der Waals surface area contributed by atoms with Gasteiger partial charge in [-0.3, -0.25) is 4.40 Å². The number of rotatable bonds is 1. The van der Waals surface area contributed by atoms with Crippen molar-refractivity contribution in [2.75, 3.05) is 0 Å². The minimum absolute atomic E-state index is 0.943. The van der Waals surface area contributed by atoms with Gasteiger partial charge in [0, 0.05) is 6.07 Å². The molecule has 0 amide bonds. The maximum atomic E-state index is 4.91. The Labute approximate surface area is 139 Å². The van der Waals surface area contributed by atoms with Gasteiger partial charge in [0.05, 0.1) is 23.6 Å². The molecule has 0 atom stereocenters. The number of imidazole rings is 2. The van der Waals surface area contributed by atoms with Crippen LogP contribution in [0.5, 0.6) is 0 Å². The molecule has 3 heterocycles. The highest BCUT2D eigenvalue weighted by Gasteiger charge is 2.24. The Kier molecular flexibility index (Phi) is 2.59. The number of hydrogen-bond acceptors (Lipinski definition) is 1. The average molecular weight is 313 g/mol. The third kappa shape index (κ3) is 1.62. The lowest BCUT2D eigenvalue weighted by Crippen LogP contribution is -2.37. The number of aromatic nitrogens is 4. The molecule has 0 aliphatic heterocycles. The van der Waals surface area contributed by atoms with E-state index in [4.69, 9.17) is 4.98 Å². The molecular formula is C20H17N4+. The van der Waals surface area contributed by atoms with Gasteiger partial charge in [0.25, 0.3) is 5.82 Å². The number of benzene rings is 2. The van der Waals surface area contributed by atoms with E-state index in [0.717, 1.165) is 28.1 Å². The van der Waals surface area contributed by atoms with Crippen molar-refractivity contribution in [1.29, 1.82) is 0 Å². The van der Waals surface area contributed by atoms with Crippen molar-refractivity contribution in [2.45, 2.75) is 6.92 Å². The van der Waals surface area contributed by atoms with E-state index < -0.39 is 0 Å². The molecule has 0 fully saturated rings. The van der Waals surface area contributed by atoms with E-state index in [9.17, 15) is 0 Å². The summed E-state index contributed by atoms with van der Waals surface area (Å²) < 4.78 is 6.68. The first-order chi connectivity index (χ1) is 11.8. The zero-order valence-electron chi connectivity index (χ0n) is 13.6. The summed E-state index contributed by atoms with van der Waals surface area (Å²) in [5.74, 6) is 2.05. The quantitative estimate of drug-likeness (QED) is 0.435. The molecule has 0 bridgehead atoms. The first kappa shape index (κ1) is 13.3. The molecule has 4 heteroatoms. The smallest absolute Gasteiger partial charge is 0.254 e. The standard InChI is InChI=1S/C20H17N4/c1-14-8-7-13-19(22(14)2)24-18-12-6-5-11-17(18)23-16-10-4-3-9-15(16)21-20(23)24/h3-13H,1-2H3/q+1. The highest BCUT2D eigenvalue weighted by atomic mass is 15.3.